The third-order valence-electron chi connectivity index (χ3n) is 3.81. The van der Waals surface area contributed by atoms with Crippen molar-refractivity contribution in [3.8, 4) is 6.07 Å². The summed E-state index contributed by atoms with van der Waals surface area (Å²) in [7, 11) is 1.96. The summed E-state index contributed by atoms with van der Waals surface area (Å²) in [5.41, 5.74) is 2.05. The first-order chi connectivity index (χ1) is 8.58. The summed E-state index contributed by atoms with van der Waals surface area (Å²) >= 11 is 0. The molecule has 0 bridgehead atoms. The molecular formula is C16H24N2. The summed E-state index contributed by atoms with van der Waals surface area (Å²) in [5, 5.41) is 12.9. The molecular weight excluding hydrogens is 220 g/mol. The maximum absolute atomic E-state index is 9.75. The van der Waals surface area contributed by atoms with Gasteiger partial charge in [0.1, 0.15) is 0 Å². The number of rotatable bonds is 6. The smallest absolute Gasteiger partial charge is 0.0848 e. The second-order valence-electron chi connectivity index (χ2n) is 5.26. The lowest BCUT2D eigenvalue weighted by molar-refractivity contribution is 0.357. The molecule has 0 aliphatic heterocycles. The van der Waals surface area contributed by atoms with Gasteiger partial charge in [0, 0.05) is 0 Å². The first-order valence-corrected chi connectivity index (χ1v) is 6.70. The molecule has 0 aliphatic carbocycles. The predicted molar refractivity (Wildman–Crippen MR) is 76.5 cm³/mol. The first-order valence-electron chi connectivity index (χ1n) is 6.70. The molecule has 2 nitrogen and oxygen atoms in total. The Morgan fingerprint density at radius 1 is 1.33 bits per heavy atom. The van der Waals surface area contributed by atoms with Crippen LogP contribution in [0.1, 0.15) is 37.8 Å². The average molecular weight is 244 g/mol. The van der Waals surface area contributed by atoms with E-state index < -0.39 is 0 Å². The Morgan fingerprint density at radius 3 is 2.50 bits per heavy atom. The van der Waals surface area contributed by atoms with Crippen molar-refractivity contribution in [3.05, 3.63) is 35.4 Å². The van der Waals surface area contributed by atoms with E-state index in [2.05, 4.69) is 44.3 Å². The quantitative estimate of drug-likeness (QED) is 0.778. The molecule has 1 rings (SSSR count). The lowest BCUT2D eigenvalue weighted by atomic mass is 9.68. The largest absolute Gasteiger partial charge is 0.320 e. The van der Waals surface area contributed by atoms with Gasteiger partial charge in [0.05, 0.1) is 11.5 Å². The van der Waals surface area contributed by atoms with E-state index in [4.69, 9.17) is 0 Å². The normalized spacial score (nSPS) is 14.2. The standard InChI is InChI=1S/C16H24N2/c1-13(2)16(12-17,10-7-11-18-4)15-9-6-5-8-14(15)3/h5-6,8-9,13,18H,7,10-11H2,1-4H3/t16-/m1/s1. The van der Waals surface area contributed by atoms with E-state index in [-0.39, 0.29) is 5.41 Å². The Morgan fingerprint density at radius 2 is 2.00 bits per heavy atom. The van der Waals surface area contributed by atoms with E-state index in [0.717, 1.165) is 19.4 Å². The molecule has 0 aromatic heterocycles. The highest BCUT2D eigenvalue weighted by Crippen LogP contribution is 2.37. The molecule has 0 saturated carbocycles. The maximum Gasteiger partial charge on any atom is 0.0848 e. The maximum atomic E-state index is 9.75. The van der Waals surface area contributed by atoms with Crippen molar-refractivity contribution in [1.82, 2.24) is 5.32 Å². The van der Waals surface area contributed by atoms with E-state index in [0.29, 0.717) is 5.92 Å². The number of nitrogens with one attached hydrogen (secondary N) is 1. The van der Waals surface area contributed by atoms with Crippen molar-refractivity contribution in [1.29, 1.82) is 5.26 Å². The monoisotopic (exact) mass is 244 g/mol. The molecule has 0 saturated heterocycles. The second-order valence-corrected chi connectivity index (χ2v) is 5.26. The van der Waals surface area contributed by atoms with Gasteiger partial charge in [0.25, 0.3) is 0 Å². The van der Waals surface area contributed by atoms with Crippen LogP contribution in [0.15, 0.2) is 24.3 Å². The summed E-state index contributed by atoms with van der Waals surface area (Å²) in [6.45, 7) is 7.36. The van der Waals surface area contributed by atoms with Gasteiger partial charge in [0.2, 0.25) is 0 Å². The molecule has 1 atom stereocenters. The first kappa shape index (κ1) is 14.7. The van der Waals surface area contributed by atoms with Crippen molar-refractivity contribution >= 4 is 0 Å². The van der Waals surface area contributed by atoms with E-state index >= 15 is 0 Å². The number of hydrogen-bond donors (Lipinski definition) is 1. The van der Waals surface area contributed by atoms with Crippen LogP contribution in [0.3, 0.4) is 0 Å². The topological polar surface area (TPSA) is 35.8 Å². The zero-order valence-electron chi connectivity index (χ0n) is 12.0. The molecule has 1 N–H and O–H groups in total. The Kier molecular flexibility index (Phi) is 5.37. The lowest BCUT2D eigenvalue weighted by Crippen LogP contribution is -2.32. The van der Waals surface area contributed by atoms with Crippen LogP contribution < -0.4 is 5.32 Å². The van der Waals surface area contributed by atoms with Gasteiger partial charge < -0.3 is 5.32 Å². The fourth-order valence-corrected chi connectivity index (χ4v) is 2.60. The minimum atomic E-state index is -0.359. The minimum absolute atomic E-state index is 0.320. The number of nitrogens with zero attached hydrogens (tertiary/aromatic N) is 1. The van der Waals surface area contributed by atoms with Crippen LogP contribution in [0.5, 0.6) is 0 Å². The Labute approximate surface area is 111 Å². The highest BCUT2D eigenvalue weighted by molar-refractivity contribution is 5.39. The van der Waals surface area contributed by atoms with Gasteiger partial charge in [-0.15, -0.1) is 0 Å². The molecule has 0 heterocycles. The summed E-state index contributed by atoms with van der Waals surface area (Å²) in [5.74, 6) is 0.320. The molecule has 1 aromatic rings. The Balaban J connectivity index is 3.12. The van der Waals surface area contributed by atoms with Crippen LogP contribution in [0, 0.1) is 24.2 Å². The van der Waals surface area contributed by atoms with Gasteiger partial charge in [0.15, 0.2) is 0 Å². The molecule has 0 spiro atoms. The molecule has 18 heavy (non-hydrogen) atoms. The van der Waals surface area contributed by atoms with Crippen LogP contribution in [-0.4, -0.2) is 13.6 Å². The highest BCUT2D eigenvalue weighted by atomic mass is 14.8. The van der Waals surface area contributed by atoms with Crippen molar-refractivity contribution < 1.29 is 0 Å². The SMILES string of the molecule is CNCCC[C@](C#N)(c1ccccc1C)C(C)C. The van der Waals surface area contributed by atoms with Crippen LogP contribution in [0.25, 0.3) is 0 Å². The van der Waals surface area contributed by atoms with E-state index in [1.54, 1.807) is 0 Å². The molecule has 1 aromatic carbocycles. The number of aryl methyl sites for hydroxylation is 1. The van der Waals surface area contributed by atoms with E-state index in [9.17, 15) is 5.26 Å². The average Bonchev–Trinajstić information content (AvgIpc) is 2.36. The summed E-state index contributed by atoms with van der Waals surface area (Å²) in [6, 6.07) is 10.9. The van der Waals surface area contributed by atoms with Crippen LogP contribution in [-0.2, 0) is 5.41 Å². The molecule has 0 amide bonds. The van der Waals surface area contributed by atoms with Crippen molar-refractivity contribution in [2.45, 2.75) is 39.0 Å². The summed E-state index contributed by atoms with van der Waals surface area (Å²) in [6.07, 6.45) is 1.93. The molecule has 2 heteroatoms. The van der Waals surface area contributed by atoms with Crippen molar-refractivity contribution in [2.24, 2.45) is 5.92 Å². The summed E-state index contributed by atoms with van der Waals surface area (Å²) in [4.78, 5) is 0. The lowest BCUT2D eigenvalue weighted by Gasteiger charge is -2.32. The van der Waals surface area contributed by atoms with E-state index in [1.807, 2.05) is 19.2 Å². The highest BCUT2D eigenvalue weighted by Gasteiger charge is 2.36. The van der Waals surface area contributed by atoms with E-state index in [1.165, 1.54) is 11.1 Å². The Bertz CT molecular complexity index is 417. The van der Waals surface area contributed by atoms with Gasteiger partial charge in [-0.1, -0.05) is 38.1 Å². The zero-order chi connectivity index (χ0) is 13.6. The third kappa shape index (κ3) is 2.91. The number of nitriles is 1. The van der Waals surface area contributed by atoms with Crippen molar-refractivity contribution in [3.63, 3.8) is 0 Å². The van der Waals surface area contributed by atoms with Crippen LogP contribution >= 0.6 is 0 Å². The number of benzene rings is 1. The fourth-order valence-electron chi connectivity index (χ4n) is 2.60. The predicted octanol–water partition coefficient (Wildman–Crippen LogP) is 3.41. The Hall–Kier alpha value is -1.33. The number of hydrogen-bond acceptors (Lipinski definition) is 2. The fraction of sp³-hybridized carbons (Fsp3) is 0.562. The minimum Gasteiger partial charge on any atom is -0.320 e. The molecule has 0 fully saturated rings. The molecule has 98 valence electrons. The second kappa shape index (κ2) is 6.56. The van der Waals surface area contributed by atoms with Crippen LogP contribution in [0.4, 0.5) is 0 Å². The van der Waals surface area contributed by atoms with Gasteiger partial charge in [-0.2, -0.15) is 5.26 Å². The van der Waals surface area contributed by atoms with Gasteiger partial charge in [-0.05, 0) is 50.4 Å². The van der Waals surface area contributed by atoms with Gasteiger partial charge in [-0.25, -0.2) is 0 Å². The van der Waals surface area contributed by atoms with Crippen LogP contribution in [0.2, 0.25) is 0 Å². The molecule has 0 unspecified atom stereocenters. The molecule has 0 radical (unpaired) electrons. The molecule has 0 aliphatic rings. The zero-order valence-corrected chi connectivity index (χ0v) is 12.0. The summed E-state index contributed by atoms with van der Waals surface area (Å²) < 4.78 is 0. The van der Waals surface area contributed by atoms with Crippen molar-refractivity contribution in [2.75, 3.05) is 13.6 Å². The third-order valence-corrected chi connectivity index (χ3v) is 3.81. The van der Waals surface area contributed by atoms with Gasteiger partial charge in [-0.3, -0.25) is 0 Å². The van der Waals surface area contributed by atoms with Gasteiger partial charge >= 0.3 is 0 Å².